The SMILES string of the molecule is O=C(C1CCCNC1)N1CCC(C(F)F)CC1. The second-order valence-corrected chi connectivity index (χ2v) is 5.04. The van der Waals surface area contributed by atoms with Crippen molar-refractivity contribution < 1.29 is 13.6 Å². The number of carbonyl (C=O) groups excluding carboxylic acids is 1. The van der Waals surface area contributed by atoms with Gasteiger partial charge in [-0.1, -0.05) is 0 Å². The van der Waals surface area contributed by atoms with E-state index in [1.807, 2.05) is 0 Å². The van der Waals surface area contributed by atoms with Gasteiger partial charge in [-0.15, -0.1) is 0 Å². The number of rotatable bonds is 2. The minimum Gasteiger partial charge on any atom is -0.342 e. The zero-order valence-electron chi connectivity index (χ0n) is 10.0. The van der Waals surface area contributed by atoms with Crippen LogP contribution in [0.2, 0.25) is 0 Å². The Balaban J connectivity index is 1.81. The molecule has 1 unspecified atom stereocenters. The van der Waals surface area contributed by atoms with E-state index in [2.05, 4.69) is 5.32 Å². The number of hydrogen-bond donors (Lipinski definition) is 1. The Hall–Kier alpha value is -0.710. The number of carbonyl (C=O) groups is 1. The number of piperidine rings is 2. The van der Waals surface area contributed by atoms with E-state index < -0.39 is 12.3 Å². The molecule has 1 N–H and O–H groups in total. The molecule has 2 aliphatic heterocycles. The van der Waals surface area contributed by atoms with Crippen LogP contribution >= 0.6 is 0 Å². The summed E-state index contributed by atoms with van der Waals surface area (Å²) >= 11 is 0. The van der Waals surface area contributed by atoms with Crippen LogP contribution in [0.25, 0.3) is 0 Å². The Labute approximate surface area is 101 Å². The lowest BCUT2D eigenvalue weighted by atomic mass is 9.94. The van der Waals surface area contributed by atoms with Crippen molar-refractivity contribution in [1.29, 1.82) is 0 Å². The highest BCUT2D eigenvalue weighted by molar-refractivity contribution is 5.79. The first-order valence-electron chi connectivity index (χ1n) is 6.46. The van der Waals surface area contributed by atoms with E-state index in [-0.39, 0.29) is 11.8 Å². The van der Waals surface area contributed by atoms with Gasteiger partial charge in [0.15, 0.2) is 0 Å². The lowest BCUT2D eigenvalue weighted by Crippen LogP contribution is -2.46. The fourth-order valence-electron chi connectivity index (χ4n) is 2.69. The molecule has 0 aromatic heterocycles. The number of nitrogens with one attached hydrogen (secondary N) is 1. The molecule has 2 fully saturated rings. The first-order chi connectivity index (χ1) is 8.18. The lowest BCUT2D eigenvalue weighted by molar-refractivity contribution is -0.138. The van der Waals surface area contributed by atoms with Crippen LogP contribution in [0.3, 0.4) is 0 Å². The van der Waals surface area contributed by atoms with Crippen LogP contribution in [0, 0.1) is 11.8 Å². The normalized spacial score (nSPS) is 27.5. The number of halogens is 2. The Kier molecular flexibility index (Phi) is 4.31. The molecule has 0 aromatic rings. The van der Waals surface area contributed by atoms with Crippen molar-refractivity contribution in [3.05, 3.63) is 0 Å². The van der Waals surface area contributed by atoms with Gasteiger partial charge in [0.25, 0.3) is 0 Å². The molecule has 0 aliphatic carbocycles. The molecule has 0 bridgehead atoms. The fourth-order valence-corrected chi connectivity index (χ4v) is 2.69. The third-order valence-corrected chi connectivity index (χ3v) is 3.85. The first kappa shape index (κ1) is 12.7. The number of nitrogens with zero attached hydrogens (tertiary/aromatic N) is 1. The molecule has 1 amide bonds. The van der Waals surface area contributed by atoms with Gasteiger partial charge in [0.2, 0.25) is 12.3 Å². The molecule has 2 rings (SSSR count). The van der Waals surface area contributed by atoms with Crippen molar-refractivity contribution in [3.8, 4) is 0 Å². The van der Waals surface area contributed by atoms with Crippen molar-refractivity contribution in [1.82, 2.24) is 10.2 Å². The number of alkyl halides is 2. The summed E-state index contributed by atoms with van der Waals surface area (Å²) in [6.45, 7) is 2.74. The summed E-state index contributed by atoms with van der Waals surface area (Å²) in [5.41, 5.74) is 0. The highest BCUT2D eigenvalue weighted by atomic mass is 19.3. The summed E-state index contributed by atoms with van der Waals surface area (Å²) in [4.78, 5) is 13.9. The summed E-state index contributed by atoms with van der Waals surface area (Å²) in [5.74, 6) is -0.291. The van der Waals surface area contributed by atoms with Gasteiger partial charge in [0, 0.05) is 25.6 Å². The third-order valence-electron chi connectivity index (χ3n) is 3.85. The molecule has 0 spiro atoms. The molecule has 2 heterocycles. The number of likely N-dealkylation sites (tertiary alicyclic amines) is 1. The molecule has 0 saturated carbocycles. The molecule has 1 atom stereocenters. The van der Waals surface area contributed by atoms with Crippen LogP contribution in [0.4, 0.5) is 8.78 Å². The van der Waals surface area contributed by atoms with E-state index in [9.17, 15) is 13.6 Å². The van der Waals surface area contributed by atoms with Gasteiger partial charge < -0.3 is 10.2 Å². The molecule has 3 nitrogen and oxygen atoms in total. The maximum absolute atomic E-state index is 12.5. The maximum Gasteiger partial charge on any atom is 0.241 e. The van der Waals surface area contributed by atoms with Crippen LogP contribution in [0.5, 0.6) is 0 Å². The standard InChI is InChI=1S/C12H20F2N2O/c13-11(14)9-3-6-16(7-4-9)12(17)10-2-1-5-15-8-10/h9-11,15H,1-8H2. The predicted molar refractivity (Wildman–Crippen MR) is 60.9 cm³/mol. The van der Waals surface area contributed by atoms with E-state index in [1.54, 1.807) is 4.90 Å². The molecule has 2 saturated heterocycles. The van der Waals surface area contributed by atoms with E-state index in [4.69, 9.17) is 0 Å². The zero-order chi connectivity index (χ0) is 12.3. The number of hydrogen-bond acceptors (Lipinski definition) is 2. The molecular formula is C12H20F2N2O. The Morgan fingerprint density at radius 3 is 2.47 bits per heavy atom. The highest BCUT2D eigenvalue weighted by Crippen LogP contribution is 2.25. The second kappa shape index (κ2) is 5.76. The topological polar surface area (TPSA) is 32.3 Å². The monoisotopic (exact) mass is 246 g/mol. The van der Waals surface area contributed by atoms with Gasteiger partial charge in [-0.05, 0) is 32.2 Å². The molecule has 17 heavy (non-hydrogen) atoms. The average Bonchev–Trinajstić information content (AvgIpc) is 2.39. The summed E-state index contributed by atoms with van der Waals surface area (Å²) in [7, 11) is 0. The van der Waals surface area contributed by atoms with Crippen LogP contribution in [-0.2, 0) is 4.79 Å². The molecular weight excluding hydrogens is 226 g/mol. The number of amides is 1. The van der Waals surface area contributed by atoms with Crippen LogP contribution in [-0.4, -0.2) is 43.4 Å². The Morgan fingerprint density at radius 1 is 1.24 bits per heavy atom. The van der Waals surface area contributed by atoms with E-state index in [0.717, 1.165) is 25.9 Å². The fraction of sp³-hybridized carbons (Fsp3) is 0.917. The van der Waals surface area contributed by atoms with Gasteiger partial charge in [0.1, 0.15) is 0 Å². The zero-order valence-corrected chi connectivity index (χ0v) is 10.0. The third kappa shape index (κ3) is 3.15. The molecule has 98 valence electrons. The van der Waals surface area contributed by atoms with Gasteiger partial charge in [-0.2, -0.15) is 0 Å². The second-order valence-electron chi connectivity index (χ2n) is 5.04. The quantitative estimate of drug-likeness (QED) is 0.800. The Bertz CT molecular complexity index is 259. The summed E-state index contributed by atoms with van der Waals surface area (Å²) < 4.78 is 25.0. The first-order valence-corrected chi connectivity index (χ1v) is 6.46. The molecule has 0 aromatic carbocycles. The molecule has 2 aliphatic rings. The van der Waals surface area contributed by atoms with Gasteiger partial charge in [-0.3, -0.25) is 4.79 Å². The largest absolute Gasteiger partial charge is 0.342 e. The average molecular weight is 246 g/mol. The van der Waals surface area contributed by atoms with Crippen molar-refractivity contribution in [3.63, 3.8) is 0 Å². The van der Waals surface area contributed by atoms with Gasteiger partial charge >= 0.3 is 0 Å². The van der Waals surface area contributed by atoms with E-state index in [1.165, 1.54) is 0 Å². The molecule has 0 radical (unpaired) electrons. The van der Waals surface area contributed by atoms with Crippen molar-refractivity contribution in [2.45, 2.75) is 32.1 Å². The summed E-state index contributed by atoms with van der Waals surface area (Å²) in [6, 6.07) is 0. The lowest BCUT2D eigenvalue weighted by Gasteiger charge is -2.35. The van der Waals surface area contributed by atoms with Gasteiger partial charge in [-0.25, -0.2) is 8.78 Å². The van der Waals surface area contributed by atoms with Crippen LogP contribution in [0.1, 0.15) is 25.7 Å². The highest BCUT2D eigenvalue weighted by Gasteiger charge is 2.31. The van der Waals surface area contributed by atoms with Crippen molar-refractivity contribution in [2.75, 3.05) is 26.2 Å². The minimum atomic E-state index is -2.23. The summed E-state index contributed by atoms with van der Waals surface area (Å²) in [5, 5.41) is 3.21. The Morgan fingerprint density at radius 2 is 1.94 bits per heavy atom. The van der Waals surface area contributed by atoms with Crippen LogP contribution < -0.4 is 5.32 Å². The van der Waals surface area contributed by atoms with Crippen molar-refractivity contribution in [2.24, 2.45) is 11.8 Å². The summed E-state index contributed by atoms with van der Waals surface area (Å²) in [6.07, 6.45) is 0.626. The minimum absolute atomic E-state index is 0.0619. The molecule has 5 heteroatoms. The smallest absolute Gasteiger partial charge is 0.241 e. The maximum atomic E-state index is 12.5. The van der Waals surface area contributed by atoms with E-state index >= 15 is 0 Å². The van der Waals surface area contributed by atoms with Crippen molar-refractivity contribution >= 4 is 5.91 Å². The van der Waals surface area contributed by atoms with E-state index in [0.29, 0.717) is 25.9 Å². The van der Waals surface area contributed by atoms with Crippen LogP contribution in [0.15, 0.2) is 0 Å². The predicted octanol–water partition coefficient (Wildman–Crippen LogP) is 1.49. The van der Waals surface area contributed by atoms with Gasteiger partial charge in [0.05, 0.1) is 5.92 Å².